The third-order valence-corrected chi connectivity index (χ3v) is 3.45. The zero-order valence-corrected chi connectivity index (χ0v) is 13.5. The molecule has 2 N–H and O–H groups in total. The molecular formula is C16H14BrClN2O. The van der Waals surface area contributed by atoms with Crippen LogP contribution in [0.3, 0.4) is 0 Å². The number of benzene rings is 2. The Morgan fingerprint density at radius 3 is 2.67 bits per heavy atom. The van der Waals surface area contributed by atoms with Gasteiger partial charge in [0, 0.05) is 22.2 Å². The highest BCUT2D eigenvalue weighted by molar-refractivity contribution is 9.10. The van der Waals surface area contributed by atoms with E-state index in [9.17, 15) is 4.79 Å². The van der Waals surface area contributed by atoms with E-state index in [0.29, 0.717) is 11.6 Å². The highest BCUT2D eigenvalue weighted by Gasteiger charge is 1.98. The fraction of sp³-hybridized carbons (Fsp3) is 0.0625. The first kappa shape index (κ1) is 15.6. The van der Waals surface area contributed by atoms with Crippen molar-refractivity contribution < 1.29 is 4.79 Å². The van der Waals surface area contributed by atoms with Crippen molar-refractivity contribution in [3.8, 4) is 0 Å². The molecule has 2 rings (SSSR count). The topological polar surface area (TPSA) is 41.1 Å². The van der Waals surface area contributed by atoms with Gasteiger partial charge < -0.3 is 10.6 Å². The van der Waals surface area contributed by atoms with Crippen molar-refractivity contribution in [1.29, 1.82) is 0 Å². The van der Waals surface area contributed by atoms with Gasteiger partial charge in [0.15, 0.2) is 0 Å². The molecule has 0 atom stereocenters. The summed E-state index contributed by atoms with van der Waals surface area (Å²) in [6, 6.07) is 14.9. The molecule has 0 spiro atoms. The Morgan fingerprint density at radius 2 is 1.95 bits per heavy atom. The number of carbonyl (C=O) groups excluding carboxylic acids is 1. The van der Waals surface area contributed by atoms with Crippen LogP contribution in [0.15, 0.2) is 59.2 Å². The Morgan fingerprint density at radius 1 is 1.19 bits per heavy atom. The second-order valence-corrected chi connectivity index (χ2v) is 5.69. The van der Waals surface area contributed by atoms with Crippen LogP contribution in [-0.4, -0.2) is 6.03 Å². The van der Waals surface area contributed by atoms with E-state index in [2.05, 4.69) is 26.6 Å². The summed E-state index contributed by atoms with van der Waals surface area (Å²) in [7, 11) is 0. The molecule has 108 valence electrons. The van der Waals surface area contributed by atoms with Crippen LogP contribution in [0.5, 0.6) is 0 Å². The summed E-state index contributed by atoms with van der Waals surface area (Å²) in [5.74, 6) is 0. The summed E-state index contributed by atoms with van der Waals surface area (Å²) >= 11 is 9.20. The number of urea groups is 1. The van der Waals surface area contributed by atoms with Crippen molar-refractivity contribution in [2.24, 2.45) is 0 Å². The van der Waals surface area contributed by atoms with E-state index in [1.54, 1.807) is 18.3 Å². The van der Waals surface area contributed by atoms with Gasteiger partial charge in [-0.15, -0.1) is 0 Å². The van der Waals surface area contributed by atoms with Gasteiger partial charge >= 0.3 is 6.03 Å². The molecule has 0 aliphatic rings. The fourth-order valence-corrected chi connectivity index (χ4v) is 2.20. The van der Waals surface area contributed by atoms with Crippen LogP contribution in [0.2, 0.25) is 5.02 Å². The molecule has 2 aromatic rings. The highest BCUT2D eigenvalue weighted by Crippen LogP contribution is 2.12. The standard InChI is InChI=1S/C16H14BrClN2O/c17-14-3-1-2-12(10-14)8-9-19-16(21)20-11-13-4-6-15(18)7-5-13/h1-10H,11H2,(H2,19,20,21)/b9-8+. The second-order valence-electron chi connectivity index (χ2n) is 4.34. The minimum absolute atomic E-state index is 0.254. The smallest absolute Gasteiger partial charge is 0.319 e. The first-order chi connectivity index (χ1) is 10.1. The number of nitrogens with one attached hydrogen (secondary N) is 2. The molecule has 0 aliphatic heterocycles. The third-order valence-electron chi connectivity index (χ3n) is 2.71. The lowest BCUT2D eigenvalue weighted by molar-refractivity contribution is 0.244. The van der Waals surface area contributed by atoms with Gasteiger partial charge in [-0.25, -0.2) is 4.79 Å². The molecule has 0 saturated carbocycles. The molecule has 3 nitrogen and oxygen atoms in total. The average molecular weight is 366 g/mol. The fourth-order valence-electron chi connectivity index (χ4n) is 1.66. The summed E-state index contributed by atoms with van der Waals surface area (Å²) in [5.41, 5.74) is 1.99. The molecule has 0 aliphatic carbocycles. The van der Waals surface area contributed by atoms with E-state index in [1.807, 2.05) is 42.5 Å². The van der Waals surface area contributed by atoms with E-state index in [0.717, 1.165) is 15.6 Å². The molecule has 0 saturated heterocycles. The second kappa shape index (κ2) is 7.86. The van der Waals surface area contributed by atoms with Crippen molar-refractivity contribution in [1.82, 2.24) is 10.6 Å². The van der Waals surface area contributed by atoms with E-state index < -0.39 is 0 Å². The van der Waals surface area contributed by atoms with Crippen molar-refractivity contribution >= 4 is 39.6 Å². The van der Waals surface area contributed by atoms with Gasteiger partial charge in [-0.2, -0.15) is 0 Å². The lowest BCUT2D eigenvalue weighted by Gasteiger charge is -2.04. The molecule has 2 amide bonds. The zero-order valence-electron chi connectivity index (χ0n) is 11.1. The molecule has 0 bridgehead atoms. The van der Waals surface area contributed by atoms with E-state index in [4.69, 9.17) is 11.6 Å². The first-order valence-corrected chi connectivity index (χ1v) is 7.51. The predicted molar refractivity (Wildman–Crippen MR) is 90.0 cm³/mol. The molecular weight excluding hydrogens is 352 g/mol. The van der Waals surface area contributed by atoms with Crippen LogP contribution in [-0.2, 0) is 6.54 Å². The molecule has 2 aromatic carbocycles. The van der Waals surface area contributed by atoms with Crippen molar-refractivity contribution in [3.63, 3.8) is 0 Å². The summed E-state index contributed by atoms with van der Waals surface area (Å²) < 4.78 is 0.997. The van der Waals surface area contributed by atoms with Gasteiger partial charge in [0.2, 0.25) is 0 Å². The minimum atomic E-state index is -0.254. The van der Waals surface area contributed by atoms with Gasteiger partial charge in [0.25, 0.3) is 0 Å². The molecule has 0 radical (unpaired) electrons. The summed E-state index contributed by atoms with van der Waals surface area (Å²) in [5, 5.41) is 6.10. The van der Waals surface area contributed by atoms with Gasteiger partial charge in [-0.1, -0.05) is 51.8 Å². The number of hydrogen-bond acceptors (Lipinski definition) is 1. The number of rotatable bonds is 4. The van der Waals surface area contributed by atoms with Crippen molar-refractivity contribution in [2.45, 2.75) is 6.54 Å². The number of halogens is 2. The largest absolute Gasteiger partial charge is 0.334 e. The molecule has 0 aromatic heterocycles. The molecule has 5 heteroatoms. The quantitative estimate of drug-likeness (QED) is 0.818. The monoisotopic (exact) mass is 364 g/mol. The Balaban J connectivity index is 1.78. The third kappa shape index (κ3) is 5.61. The summed E-state index contributed by atoms with van der Waals surface area (Å²) in [6.07, 6.45) is 3.44. The van der Waals surface area contributed by atoms with Gasteiger partial charge in [0.05, 0.1) is 0 Å². The van der Waals surface area contributed by atoms with Crippen LogP contribution in [0.25, 0.3) is 6.08 Å². The van der Waals surface area contributed by atoms with E-state index >= 15 is 0 Å². The number of hydrogen-bond donors (Lipinski definition) is 2. The van der Waals surface area contributed by atoms with Crippen LogP contribution >= 0.6 is 27.5 Å². The SMILES string of the molecule is O=C(N/C=C/c1cccc(Br)c1)NCc1ccc(Cl)cc1. The van der Waals surface area contributed by atoms with Gasteiger partial charge in [-0.3, -0.25) is 0 Å². The summed E-state index contributed by atoms with van der Waals surface area (Å²) in [6.45, 7) is 0.452. The molecule has 0 unspecified atom stereocenters. The highest BCUT2D eigenvalue weighted by atomic mass is 79.9. The molecule has 21 heavy (non-hydrogen) atoms. The summed E-state index contributed by atoms with van der Waals surface area (Å²) in [4.78, 5) is 11.6. The average Bonchev–Trinajstić information content (AvgIpc) is 2.47. The van der Waals surface area contributed by atoms with Crippen LogP contribution in [0.1, 0.15) is 11.1 Å². The Hall–Kier alpha value is -1.78. The maximum absolute atomic E-state index is 11.6. The lowest BCUT2D eigenvalue weighted by Crippen LogP contribution is -2.31. The first-order valence-electron chi connectivity index (χ1n) is 6.34. The number of carbonyl (C=O) groups is 1. The van der Waals surface area contributed by atoms with Crippen LogP contribution in [0, 0.1) is 0 Å². The number of amides is 2. The Kier molecular flexibility index (Phi) is 5.84. The normalized spacial score (nSPS) is 10.6. The Bertz CT molecular complexity index is 641. The Labute approximate surface area is 137 Å². The predicted octanol–water partition coefficient (Wildman–Crippen LogP) is 4.57. The van der Waals surface area contributed by atoms with Gasteiger partial charge in [0.1, 0.15) is 0 Å². The van der Waals surface area contributed by atoms with E-state index in [-0.39, 0.29) is 6.03 Å². The lowest BCUT2D eigenvalue weighted by atomic mass is 10.2. The zero-order chi connectivity index (χ0) is 15.1. The molecule has 0 fully saturated rings. The van der Waals surface area contributed by atoms with Crippen LogP contribution in [0.4, 0.5) is 4.79 Å². The van der Waals surface area contributed by atoms with Crippen molar-refractivity contribution in [3.05, 3.63) is 75.4 Å². The maximum Gasteiger partial charge on any atom is 0.319 e. The van der Waals surface area contributed by atoms with Gasteiger partial charge in [-0.05, 0) is 41.5 Å². The molecule has 0 heterocycles. The van der Waals surface area contributed by atoms with E-state index in [1.165, 1.54) is 0 Å². The minimum Gasteiger partial charge on any atom is -0.334 e. The van der Waals surface area contributed by atoms with Crippen molar-refractivity contribution in [2.75, 3.05) is 0 Å². The maximum atomic E-state index is 11.6. The van der Waals surface area contributed by atoms with Crippen LogP contribution < -0.4 is 10.6 Å².